The first kappa shape index (κ1) is 18.3. The maximum Gasteiger partial charge on any atom is 0.295 e. The van der Waals surface area contributed by atoms with Crippen molar-refractivity contribution in [3.8, 4) is 0 Å². The van der Waals surface area contributed by atoms with Gasteiger partial charge < -0.3 is 4.74 Å². The highest BCUT2D eigenvalue weighted by Gasteiger charge is 2.53. The van der Waals surface area contributed by atoms with Gasteiger partial charge in [0.2, 0.25) is 0 Å². The van der Waals surface area contributed by atoms with Crippen LogP contribution in [0.15, 0.2) is 60.0 Å². The molecule has 2 aromatic rings. The fourth-order valence-electron chi connectivity index (χ4n) is 4.54. The van der Waals surface area contributed by atoms with Gasteiger partial charge in [0.05, 0.1) is 17.5 Å². The van der Waals surface area contributed by atoms with Crippen molar-refractivity contribution in [2.75, 3.05) is 4.90 Å². The molecule has 0 radical (unpaired) electrons. The number of amides is 1. The van der Waals surface area contributed by atoms with Gasteiger partial charge >= 0.3 is 0 Å². The van der Waals surface area contributed by atoms with E-state index in [-0.39, 0.29) is 23.5 Å². The van der Waals surface area contributed by atoms with Crippen molar-refractivity contribution in [2.24, 2.45) is 5.92 Å². The number of Topliss-reactive ketones (excluding diaryl/α,β-unsaturated/α-hetero) is 1. The van der Waals surface area contributed by atoms with E-state index in [1.165, 1.54) is 4.90 Å². The minimum atomic E-state index is -1.03. The van der Waals surface area contributed by atoms with Gasteiger partial charge in [-0.3, -0.25) is 14.5 Å². The number of aromatic nitrogens is 1. The minimum Gasteiger partial charge on any atom is -0.483 e. The Labute approximate surface area is 172 Å². The molecule has 4 unspecified atom stereocenters. The summed E-state index contributed by atoms with van der Waals surface area (Å²) in [6.45, 7) is 0. The second-order valence-corrected chi connectivity index (χ2v) is 8.04. The van der Waals surface area contributed by atoms with E-state index in [4.69, 9.17) is 16.3 Å². The fourth-order valence-corrected chi connectivity index (χ4v) is 4.74. The number of hydrogen-bond acceptors (Lipinski definition) is 4. The molecule has 1 fully saturated rings. The van der Waals surface area contributed by atoms with E-state index < -0.39 is 30.1 Å². The Morgan fingerprint density at radius 3 is 2.76 bits per heavy atom. The first-order valence-corrected chi connectivity index (χ1v) is 10.0. The van der Waals surface area contributed by atoms with Gasteiger partial charge in [-0.25, -0.2) is 9.37 Å². The zero-order valence-corrected chi connectivity index (χ0v) is 16.2. The number of carbonyl (C=O) groups is 2. The van der Waals surface area contributed by atoms with Gasteiger partial charge in [0.15, 0.2) is 11.5 Å². The molecule has 4 atom stereocenters. The standard InChI is InChI=1S/C22H18ClFN2O3/c23-13-5-3-4-12(10-13)19-18-20(27)15-11-14(24)7-8-16(15)29-21(18)22(28)26(19)17-6-1-2-9-25-17/h1-6,9-10,14-16,19H,7-8,11H2. The van der Waals surface area contributed by atoms with Gasteiger partial charge in [-0.1, -0.05) is 29.8 Å². The smallest absolute Gasteiger partial charge is 0.295 e. The van der Waals surface area contributed by atoms with Crippen LogP contribution in [-0.2, 0) is 14.3 Å². The lowest BCUT2D eigenvalue weighted by atomic mass is 9.77. The molecule has 0 spiro atoms. The van der Waals surface area contributed by atoms with Crippen molar-refractivity contribution >= 4 is 29.1 Å². The van der Waals surface area contributed by atoms with E-state index in [0.717, 1.165) is 0 Å². The zero-order valence-electron chi connectivity index (χ0n) is 15.4. The summed E-state index contributed by atoms with van der Waals surface area (Å²) in [6, 6.07) is 11.6. The molecule has 2 aliphatic heterocycles. The van der Waals surface area contributed by atoms with Crippen LogP contribution in [0.4, 0.5) is 10.2 Å². The minimum absolute atomic E-state index is 0.0594. The number of pyridine rings is 1. The van der Waals surface area contributed by atoms with Crippen LogP contribution >= 0.6 is 11.6 Å². The third kappa shape index (κ3) is 2.94. The van der Waals surface area contributed by atoms with Crippen LogP contribution in [0.3, 0.4) is 0 Å². The van der Waals surface area contributed by atoms with E-state index in [9.17, 15) is 14.0 Å². The van der Waals surface area contributed by atoms with Crippen LogP contribution in [0.25, 0.3) is 0 Å². The number of ether oxygens (including phenoxy) is 1. The van der Waals surface area contributed by atoms with Crippen LogP contribution in [0.2, 0.25) is 5.02 Å². The van der Waals surface area contributed by atoms with E-state index in [0.29, 0.717) is 29.2 Å². The summed E-state index contributed by atoms with van der Waals surface area (Å²) in [5.41, 5.74) is 0.961. The summed E-state index contributed by atoms with van der Waals surface area (Å²) in [6.07, 6.45) is 0.992. The third-order valence-corrected chi connectivity index (χ3v) is 6.08. The van der Waals surface area contributed by atoms with Crippen molar-refractivity contribution in [1.82, 2.24) is 4.98 Å². The lowest BCUT2D eigenvalue weighted by molar-refractivity contribution is -0.133. The van der Waals surface area contributed by atoms with Gasteiger partial charge in [0.1, 0.15) is 18.1 Å². The Morgan fingerprint density at radius 1 is 1.14 bits per heavy atom. The predicted molar refractivity (Wildman–Crippen MR) is 105 cm³/mol. The number of anilines is 1. The maximum atomic E-state index is 14.0. The molecule has 1 amide bonds. The number of benzene rings is 1. The predicted octanol–water partition coefficient (Wildman–Crippen LogP) is 4.18. The van der Waals surface area contributed by atoms with Crippen molar-refractivity contribution in [2.45, 2.75) is 37.6 Å². The molecular formula is C22H18ClFN2O3. The summed E-state index contributed by atoms with van der Waals surface area (Å²) in [7, 11) is 0. The number of nitrogens with zero attached hydrogens (tertiary/aromatic N) is 2. The molecule has 29 heavy (non-hydrogen) atoms. The third-order valence-electron chi connectivity index (χ3n) is 5.84. The summed E-state index contributed by atoms with van der Waals surface area (Å²) < 4.78 is 20.1. The average molecular weight is 413 g/mol. The summed E-state index contributed by atoms with van der Waals surface area (Å²) in [5.74, 6) is -0.715. The molecule has 0 N–H and O–H groups in total. The molecule has 3 heterocycles. The maximum absolute atomic E-state index is 14.0. The van der Waals surface area contributed by atoms with E-state index in [2.05, 4.69) is 4.98 Å². The van der Waals surface area contributed by atoms with Crippen molar-refractivity contribution in [1.29, 1.82) is 0 Å². The lowest BCUT2D eigenvalue weighted by Crippen LogP contribution is -2.42. The Hall–Kier alpha value is -2.73. The second kappa shape index (κ2) is 6.95. The number of ketones is 1. The van der Waals surface area contributed by atoms with Crippen molar-refractivity contribution in [3.63, 3.8) is 0 Å². The molecular weight excluding hydrogens is 395 g/mol. The fraction of sp³-hybridized carbons (Fsp3) is 0.318. The summed E-state index contributed by atoms with van der Waals surface area (Å²) >= 11 is 6.19. The Bertz CT molecular complexity index is 1030. The second-order valence-electron chi connectivity index (χ2n) is 7.60. The van der Waals surface area contributed by atoms with Gasteiger partial charge in [-0.05, 0) is 49.1 Å². The SMILES string of the molecule is O=C1C2=C(OC3CCC(F)CC13)C(=O)N(c1ccccn1)C2c1cccc(Cl)c1. The molecule has 7 heteroatoms. The Balaban J connectivity index is 1.66. The van der Waals surface area contributed by atoms with Gasteiger partial charge in [-0.2, -0.15) is 0 Å². The number of carbonyl (C=O) groups excluding carboxylic acids is 2. The highest BCUT2D eigenvalue weighted by atomic mass is 35.5. The first-order chi connectivity index (χ1) is 14.0. The van der Waals surface area contributed by atoms with Crippen LogP contribution in [0.1, 0.15) is 30.9 Å². The van der Waals surface area contributed by atoms with E-state index in [1.807, 2.05) is 6.07 Å². The highest BCUT2D eigenvalue weighted by Crippen LogP contribution is 2.48. The molecule has 1 saturated carbocycles. The topological polar surface area (TPSA) is 59.5 Å². The molecule has 5 rings (SSSR count). The highest BCUT2D eigenvalue weighted by molar-refractivity contribution is 6.30. The van der Waals surface area contributed by atoms with Crippen LogP contribution in [-0.4, -0.2) is 29.0 Å². The number of hydrogen-bond donors (Lipinski definition) is 0. The quantitative estimate of drug-likeness (QED) is 0.742. The van der Waals surface area contributed by atoms with Crippen LogP contribution in [0.5, 0.6) is 0 Å². The molecule has 5 nitrogen and oxygen atoms in total. The van der Waals surface area contributed by atoms with Crippen molar-refractivity contribution < 1.29 is 18.7 Å². The molecule has 0 bridgehead atoms. The van der Waals surface area contributed by atoms with Gasteiger partial charge in [-0.15, -0.1) is 0 Å². The molecule has 148 valence electrons. The zero-order chi connectivity index (χ0) is 20.1. The molecule has 3 aliphatic rings. The molecule has 1 aromatic carbocycles. The Kier molecular flexibility index (Phi) is 4.39. The van der Waals surface area contributed by atoms with Crippen molar-refractivity contribution in [3.05, 3.63) is 70.6 Å². The Morgan fingerprint density at radius 2 is 2.00 bits per heavy atom. The molecule has 0 saturated heterocycles. The number of halogens is 2. The van der Waals surface area contributed by atoms with Gasteiger partial charge in [0, 0.05) is 11.2 Å². The number of alkyl halides is 1. The number of fused-ring (bicyclic) bond motifs is 1. The average Bonchev–Trinajstić information content (AvgIpc) is 3.02. The monoisotopic (exact) mass is 412 g/mol. The number of rotatable bonds is 2. The van der Waals surface area contributed by atoms with E-state index >= 15 is 0 Å². The molecule has 1 aliphatic carbocycles. The van der Waals surface area contributed by atoms with E-state index in [1.54, 1.807) is 42.6 Å². The molecule has 1 aromatic heterocycles. The van der Waals surface area contributed by atoms with Gasteiger partial charge in [0.25, 0.3) is 5.91 Å². The first-order valence-electron chi connectivity index (χ1n) is 9.63. The summed E-state index contributed by atoms with van der Waals surface area (Å²) in [5, 5.41) is 0.494. The normalized spacial score (nSPS) is 28.8. The largest absolute Gasteiger partial charge is 0.483 e. The summed E-state index contributed by atoms with van der Waals surface area (Å²) in [4.78, 5) is 32.6. The van der Waals surface area contributed by atoms with Crippen LogP contribution in [0, 0.1) is 5.92 Å². The van der Waals surface area contributed by atoms with Crippen LogP contribution < -0.4 is 4.90 Å². The lowest BCUT2D eigenvalue weighted by Gasteiger charge is -2.36.